The van der Waals surface area contributed by atoms with Crippen molar-refractivity contribution in [3.05, 3.63) is 60.4 Å². The van der Waals surface area contributed by atoms with Crippen molar-refractivity contribution in [3.8, 4) is 0 Å². The molecular weight excluding hydrogens is 378 g/mol. The van der Waals surface area contributed by atoms with Crippen molar-refractivity contribution in [3.63, 3.8) is 0 Å². The molecule has 3 aromatic rings. The molecule has 28 heavy (non-hydrogen) atoms. The third-order valence-corrected chi connectivity index (χ3v) is 5.91. The fourth-order valence-electron chi connectivity index (χ4n) is 3.11. The van der Waals surface area contributed by atoms with Gasteiger partial charge in [-0.3, -0.25) is 19.9 Å². The van der Waals surface area contributed by atoms with E-state index in [0.717, 1.165) is 11.0 Å². The van der Waals surface area contributed by atoms with Crippen LogP contribution < -0.4 is 10.1 Å². The second kappa shape index (κ2) is 6.75. The number of aliphatic imine (C=N–C) groups is 1. The highest BCUT2D eigenvalue weighted by Gasteiger charge is 2.32. The van der Waals surface area contributed by atoms with Gasteiger partial charge < -0.3 is 0 Å². The number of imidazole rings is 1. The van der Waals surface area contributed by atoms with E-state index < -0.39 is 16.1 Å². The Labute approximate surface area is 162 Å². The molecule has 1 aromatic heterocycles. The number of hydrogen-bond acceptors (Lipinski definition) is 5. The van der Waals surface area contributed by atoms with E-state index in [9.17, 15) is 13.2 Å². The zero-order valence-corrected chi connectivity index (χ0v) is 16.1. The molecule has 2 N–H and O–H groups in total. The molecule has 144 valence electrons. The van der Waals surface area contributed by atoms with Gasteiger partial charge in [-0.2, -0.15) is 0 Å². The van der Waals surface area contributed by atoms with Gasteiger partial charge in [-0.05, 0) is 30.2 Å². The van der Waals surface area contributed by atoms with Crippen LogP contribution in [0.5, 0.6) is 0 Å². The highest BCUT2D eigenvalue weighted by atomic mass is 32.2. The topological polar surface area (TPSA) is 105 Å². The van der Waals surface area contributed by atoms with Crippen LogP contribution in [0, 0.1) is 5.92 Å². The third kappa shape index (κ3) is 3.13. The lowest BCUT2D eigenvalue weighted by atomic mass is 10.0. The Kier molecular flexibility index (Phi) is 4.38. The molecule has 9 heteroatoms. The van der Waals surface area contributed by atoms with E-state index in [0.29, 0.717) is 5.56 Å². The Hall–Kier alpha value is -3.20. The molecule has 8 nitrogen and oxygen atoms in total. The highest BCUT2D eigenvalue weighted by molar-refractivity contribution is 7.90. The maximum atomic E-state index is 12.9. The lowest BCUT2D eigenvalue weighted by Gasteiger charge is -2.18. The number of amides is 1. The summed E-state index contributed by atoms with van der Waals surface area (Å²) in [5.74, 6) is -0.325. The molecule has 4 rings (SSSR count). The minimum atomic E-state index is -3.66. The van der Waals surface area contributed by atoms with Crippen LogP contribution in [-0.4, -0.2) is 35.9 Å². The Bertz CT molecular complexity index is 1200. The van der Waals surface area contributed by atoms with Gasteiger partial charge in [-0.15, -0.1) is 0 Å². The Balaban J connectivity index is 1.67. The third-order valence-electron chi connectivity index (χ3n) is 4.52. The molecule has 2 aromatic carbocycles. The van der Waals surface area contributed by atoms with Gasteiger partial charge in [0.15, 0.2) is 0 Å². The van der Waals surface area contributed by atoms with E-state index in [4.69, 9.17) is 0 Å². The normalized spacial score (nSPS) is 17.5. The lowest BCUT2D eigenvalue weighted by molar-refractivity contribution is -0.119. The summed E-state index contributed by atoms with van der Waals surface area (Å²) < 4.78 is 28.6. The van der Waals surface area contributed by atoms with E-state index >= 15 is 0 Å². The fraction of sp³-hybridized carbons (Fsp3) is 0.211. The molecule has 0 radical (unpaired) electrons. The molecule has 0 saturated carbocycles. The number of amidine groups is 1. The predicted molar refractivity (Wildman–Crippen MR) is 106 cm³/mol. The fourth-order valence-corrected chi connectivity index (χ4v) is 4.35. The van der Waals surface area contributed by atoms with Gasteiger partial charge in [0.05, 0.1) is 15.9 Å². The summed E-state index contributed by atoms with van der Waals surface area (Å²) in [5.41, 5.74) is 4.78. The Morgan fingerprint density at radius 1 is 1.14 bits per heavy atom. The number of para-hydroxylation sites is 2. The molecule has 0 bridgehead atoms. The first-order valence-corrected chi connectivity index (χ1v) is 10.3. The molecule has 1 aliphatic rings. The summed E-state index contributed by atoms with van der Waals surface area (Å²) in [6, 6.07) is 13.2. The monoisotopic (exact) mass is 397 g/mol. The van der Waals surface area contributed by atoms with E-state index in [1.54, 1.807) is 22.9 Å². The molecular formula is C19H19N5O3S. The molecule has 2 heterocycles. The number of carbonyl (C=O) groups is 1. The number of rotatable bonds is 4. The molecule has 0 saturated heterocycles. The van der Waals surface area contributed by atoms with Crippen LogP contribution in [0.4, 0.5) is 0 Å². The first-order chi connectivity index (χ1) is 13.4. The van der Waals surface area contributed by atoms with Crippen LogP contribution in [0.2, 0.25) is 0 Å². The van der Waals surface area contributed by atoms with Gasteiger partial charge in [0, 0.05) is 5.56 Å². The predicted octanol–water partition coefficient (Wildman–Crippen LogP) is 1.87. The van der Waals surface area contributed by atoms with Gasteiger partial charge >= 0.3 is 0 Å². The van der Waals surface area contributed by atoms with Gasteiger partial charge in [0.2, 0.25) is 0 Å². The van der Waals surface area contributed by atoms with Crippen LogP contribution in [0.15, 0.2) is 64.7 Å². The molecule has 1 amide bonds. The second-order valence-corrected chi connectivity index (χ2v) is 8.50. The minimum Gasteiger partial charge on any atom is -0.271 e. The van der Waals surface area contributed by atoms with Crippen molar-refractivity contribution < 1.29 is 13.2 Å². The van der Waals surface area contributed by atoms with Crippen LogP contribution in [0.25, 0.3) is 11.0 Å². The van der Waals surface area contributed by atoms with Gasteiger partial charge in [-0.25, -0.2) is 18.1 Å². The average Bonchev–Trinajstić information content (AvgIpc) is 3.18. The number of benzene rings is 2. The number of nitrogens with one attached hydrogen (secondary N) is 2. The summed E-state index contributed by atoms with van der Waals surface area (Å²) in [7, 11) is -3.66. The van der Waals surface area contributed by atoms with E-state index in [1.165, 1.54) is 12.4 Å². The largest absolute Gasteiger partial charge is 0.271 e. The van der Waals surface area contributed by atoms with Crippen molar-refractivity contribution in [1.82, 2.24) is 14.4 Å². The number of sulfonamides is 1. The molecule has 0 aliphatic carbocycles. The summed E-state index contributed by atoms with van der Waals surface area (Å²) in [6.07, 6.45) is 1.53. The zero-order valence-electron chi connectivity index (χ0n) is 15.3. The SMILES string of the molecule is CC(C)[C@H](N=C1NS(=O)(=O)c2ccccc21)C(=O)Nn1cnc2ccccc21. The number of aromatic nitrogens is 2. The standard InChI is InChI=1S/C19H19N5O3S/c1-12(2)17(19(25)22-24-11-20-14-8-4-5-9-15(14)24)21-18-13-7-3-6-10-16(13)28(26,27)23-18/h3-12,17H,1-2H3,(H,21,23)(H,22,25)/t17-/m0/s1. The van der Waals surface area contributed by atoms with Crippen LogP contribution in [0.3, 0.4) is 0 Å². The maximum Gasteiger partial charge on any atom is 0.263 e. The van der Waals surface area contributed by atoms with Gasteiger partial charge in [-0.1, -0.05) is 38.1 Å². The highest BCUT2D eigenvalue weighted by Crippen LogP contribution is 2.23. The van der Waals surface area contributed by atoms with Crippen LogP contribution in [0.1, 0.15) is 19.4 Å². The number of fused-ring (bicyclic) bond motifs is 2. The average molecular weight is 397 g/mol. The first-order valence-electron chi connectivity index (χ1n) is 8.80. The minimum absolute atomic E-state index is 0.153. The van der Waals surface area contributed by atoms with Crippen molar-refractivity contribution in [2.24, 2.45) is 10.9 Å². The second-order valence-electron chi connectivity index (χ2n) is 6.85. The van der Waals surface area contributed by atoms with Crippen molar-refractivity contribution >= 4 is 32.8 Å². The van der Waals surface area contributed by atoms with Crippen LogP contribution >= 0.6 is 0 Å². The molecule has 0 fully saturated rings. The van der Waals surface area contributed by atoms with E-state index in [1.807, 2.05) is 38.1 Å². The number of carbonyl (C=O) groups excluding carboxylic acids is 1. The smallest absolute Gasteiger partial charge is 0.263 e. The summed E-state index contributed by atoms with van der Waals surface area (Å²) >= 11 is 0. The first kappa shape index (κ1) is 18.2. The van der Waals surface area contributed by atoms with Crippen molar-refractivity contribution in [2.45, 2.75) is 24.8 Å². The summed E-state index contributed by atoms with van der Waals surface area (Å²) in [5, 5.41) is 0. The van der Waals surface area contributed by atoms with E-state index in [2.05, 4.69) is 20.1 Å². The van der Waals surface area contributed by atoms with Crippen molar-refractivity contribution in [1.29, 1.82) is 0 Å². The summed E-state index contributed by atoms with van der Waals surface area (Å²) in [4.78, 5) is 21.8. The van der Waals surface area contributed by atoms with Crippen LogP contribution in [-0.2, 0) is 14.8 Å². The summed E-state index contributed by atoms with van der Waals surface area (Å²) in [6.45, 7) is 3.71. The molecule has 1 aliphatic heterocycles. The Morgan fingerprint density at radius 2 is 1.86 bits per heavy atom. The van der Waals surface area contributed by atoms with Crippen molar-refractivity contribution in [2.75, 3.05) is 5.43 Å². The van der Waals surface area contributed by atoms with Gasteiger partial charge in [0.25, 0.3) is 15.9 Å². The molecule has 0 unspecified atom stereocenters. The zero-order chi connectivity index (χ0) is 19.9. The quantitative estimate of drug-likeness (QED) is 0.701. The lowest BCUT2D eigenvalue weighted by Crippen LogP contribution is -2.37. The maximum absolute atomic E-state index is 12.9. The van der Waals surface area contributed by atoms with Gasteiger partial charge in [0.1, 0.15) is 18.2 Å². The molecule has 0 spiro atoms. The molecule has 1 atom stereocenters. The number of nitrogens with zero attached hydrogens (tertiary/aromatic N) is 3. The number of hydrogen-bond donors (Lipinski definition) is 2. The Morgan fingerprint density at radius 3 is 2.64 bits per heavy atom. The van der Waals surface area contributed by atoms with E-state index in [-0.39, 0.29) is 22.6 Å².